The highest BCUT2D eigenvalue weighted by atomic mass is 16.5. The molecule has 0 bridgehead atoms. The lowest BCUT2D eigenvalue weighted by molar-refractivity contribution is 0.303. The molecular weight excluding hydrogens is 334 g/mol. The average Bonchev–Trinajstić information content (AvgIpc) is 3.38. The second kappa shape index (κ2) is 9.45. The summed E-state index contributed by atoms with van der Waals surface area (Å²) < 4.78 is 5.52. The van der Waals surface area contributed by atoms with E-state index in [0.29, 0.717) is 0 Å². The number of aliphatic imine (C=N–C) groups is 1. The Balaban J connectivity index is 1.65. The lowest BCUT2D eigenvalue weighted by atomic mass is 10.1. The second-order valence-electron chi connectivity index (χ2n) is 7.22. The van der Waals surface area contributed by atoms with Gasteiger partial charge in [0.1, 0.15) is 11.5 Å². The van der Waals surface area contributed by atoms with Gasteiger partial charge in [-0.05, 0) is 49.6 Å². The number of ether oxygens (including phenoxy) is 1. The van der Waals surface area contributed by atoms with Crippen molar-refractivity contribution in [2.75, 3.05) is 7.11 Å². The van der Waals surface area contributed by atoms with Gasteiger partial charge in [0.15, 0.2) is 0 Å². The molecule has 0 aliphatic carbocycles. The van der Waals surface area contributed by atoms with E-state index < -0.39 is 0 Å². The smallest absolute Gasteiger partial charge is 0.146 e. The molecule has 0 unspecified atom stereocenters. The summed E-state index contributed by atoms with van der Waals surface area (Å²) in [6, 6.07) is 6.25. The minimum absolute atomic E-state index is 0.796. The predicted octanol–water partition coefficient (Wildman–Crippen LogP) is 5.93. The molecule has 4 heteroatoms. The number of unbranched alkanes of at least 4 members (excludes halogenated alkanes) is 5. The van der Waals surface area contributed by atoms with Crippen LogP contribution in [0.15, 0.2) is 46.9 Å². The van der Waals surface area contributed by atoms with Gasteiger partial charge < -0.3 is 14.7 Å². The first-order valence-electron chi connectivity index (χ1n) is 10.1. The van der Waals surface area contributed by atoms with Crippen LogP contribution in [-0.4, -0.2) is 22.8 Å². The molecule has 0 aromatic carbocycles. The maximum absolute atomic E-state index is 5.52. The van der Waals surface area contributed by atoms with E-state index in [1.54, 1.807) is 7.11 Å². The van der Waals surface area contributed by atoms with Crippen LogP contribution in [0, 0.1) is 6.92 Å². The van der Waals surface area contributed by atoms with E-state index in [1.165, 1.54) is 49.8 Å². The minimum Gasteiger partial charge on any atom is -0.494 e. The summed E-state index contributed by atoms with van der Waals surface area (Å²) in [4.78, 5) is 11.4. The number of allylic oxidation sites excluding steroid dienone is 1. The molecule has 0 spiro atoms. The SMILES string of the molecule is CCCCCCCCc1cc(C=C2N=C(c3ccc[nH]3)C=C2OC)[nH]c1C. The number of nitrogens with zero attached hydrogens (tertiary/aromatic N) is 1. The zero-order valence-corrected chi connectivity index (χ0v) is 16.8. The van der Waals surface area contributed by atoms with Crippen molar-refractivity contribution in [2.24, 2.45) is 4.99 Å². The van der Waals surface area contributed by atoms with Crippen LogP contribution in [0.4, 0.5) is 0 Å². The van der Waals surface area contributed by atoms with Gasteiger partial charge in [0.2, 0.25) is 0 Å². The number of aromatic amines is 2. The molecule has 3 rings (SSSR count). The Morgan fingerprint density at radius 1 is 1.15 bits per heavy atom. The Bertz CT molecular complexity index is 822. The van der Waals surface area contributed by atoms with Gasteiger partial charge in [-0.2, -0.15) is 0 Å². The first-order chi connectivity index (χ1) is 13.2. The van der Waals surface area contributed by atoms with E-state index in [1.807, 2.05) is 24.4 Å². The summed E-state index contributed by atoms with van der Waals surface area (Å²) in [7, 11) is 1.69. The first-order valence-corrected chi connectivity index (χ1v) is 10.1. The molecule has 0 fully saturated rings. The first kappa shape index (κ1) is 19.3. The molecule has 0 saturated carbocycles. The number of hydrogen-bond donors (Lipinski definition) is 2. The quantitative estimate of drug-likeness (QED) is 0.504. The third kappa shape index (κ3) is 5.03. The fourth-order valence-electron chi connectivity index (χ4n) is 3.52. The normalized spacial score (nSPS) is 15.3. The standard InChI is InChI=1S/C23H31N3O/c1-4-5-6-7-8-9-11-18-14-19(25-17(18)2)15-22-23(27-3)16-21(26-22)20-12-10-13-24-20/h10,12-16,24-25H,4-9,11H2,1-3H3. The van der Waals surface area contributed by atoms with Crippen LogP contribution in [0.1, 0.15) is 68.1 Å². The average molecular weight is 366 g/mol. The number of nitrogens with one attached hydrogen (secondary N) is 2. The van der Waals surface area contributed by atoms with E-state index in [-0.39, 0.29) is 0 Å². The molecule has 2 N–H and O–H groups in total. The molecule has 0 amide bonds. The van der Waals surface area contributed by atoms with Gasteiger partial charge in [-0.15, -0.1) is 0 Å². The van der Waals surface area contributed by atoms with Crippen LogP contribution in [0.3, 0.4) is 0 Å². The Morgan fingerprint density at radius 3 is 2.70 bits per heavy atom. The van der Waals surface area contributed by atoms with Crippen LogP contribution < -0.4 is 0 Å². The minimum atomic E-state index is 0.796. The Labute approximate surface area is 162 Å². The van der Waals surface area contributed by atoms with Crippen LogP contribution in [0.25, 0.3) is 6.08 Å². The lowest BCUT2D eigenvalue weighted by Crippen LogP contribution is -1.93. The van der Waals surface area contributed by atoms with E-state index >= 15 is 0 Å². The van der Waals surface area contributed by atoms with E-state index in [2.05, 4.69) is 36.0 Å². The molecule has 2 aromatic heterocycles. The molecule has 0 saturated heterocycles. The number of aryl methyl sites for hydroxylation is 2. The topological polar surface area (TPSA) is 53.2 Å². The number of methoxy groups -OCH3 is 1. The highest BCUT2D eigenvalue weighted by Gasteiger charge is 2.17. The molecule has 4 nitrogen and oxygen atoms in total. The van der Waals surface area contributed by atoms with Crippen LogP contribution in [0.2, 0.25) is 0 Å². The third-order valence-electron chi connectivity index (χ3n) is 5.09. The zero-order valence-electron chi connectivity index (χ0n) is 16.8. The van der Waals surface area contributed by atoms with Crippen LogP contribution in [0.5, 0.6) is 0 Å². The molecular formula is C23H31N3O. The van der Waals surface area contributed by atoms with Gasteiger partial charge in [-0.3, -0.25) is 0 Å². The monoisotopic (exact) mass is 365 g/mol. The Hall–Kier alpha value is -2.49. The summed E-state index contributed by atoms with van der Waals surface area (Å²) in [6.45, 7) is 4.42. The fraction of sp³-hybridized carbons (Fsp3) is 0.435. The largest absolute Gasteiger partial charge is 0.494 e. The van der Waals surface area contributed by atoms with Gasteiger partial charge in [-0.25, -0.2) is 4.99 Å². The van der Waals surface area contributed by atoms with Crippen molar-refractivity contribution in [1.82, 2.24) is 9.97 Å². The van der Waals surface area contributed by atoms with E-state index in [9.17, 15) is 0 Å². The Morgan fingerprint density at radius 2 is 1.96 bits per heavy atom. The third-order valence-corrected chi connectivity index (χ3v) is 5.09. The molecule has 0 atom stereocenters. The molecule has 27 heavy (non-hydrogen) atoms. The summed E-state index contributed by atoms with van der Waals surface area (Å²) >= 11 is 0. The van der Waals surface area contributed by atoms with Gasteiger partial charge in [0, 0.05) is 23.7 Å². The number of hydrogen-bond acceptors (Lipinski definition) is 2. The fourth-order valence-corrected chi connectivity index (χ4v) is 3.52. The van der Waals surface area contributed by atoms with Crippen molar-refractivity contribution >= 4 is 11.8 Å². The molecule has 3 heterocycles. The van der Waals surface area contributed by atoms with Crippen molar-refractivity contribution < 1.29 is 4.74 Å². The van der Waals surface area contributed by atoms with Crippen LogP contribution >= 0.6 is 0 Å². The van der Waals surface area contributed by atoms with Gasteiger partial charge in [0.05, 0.1) is 18.5 Å². The van der Waals surface area contributed by atoms with Crippen molar-refractivity contribution in [3.63, 3.8) is 0 Å². The zero-order chi connectivity index (χ0) is 19.1. The summed E-state index contributed by atoms with van der Waals surface area (Å²) in [5, 5.41) is 0. The highest BCUT2D eigenvalue weighted by molar-refractivity contribution is 6.11. The van der Waals surface area contributed by atoms with Gasteiger partial charge in [0.25, 0.3) is 0 Å². The highest BCUT2D eigenvalue weighted by Crippen LogP contribution is 2.25. The molecule has 1 aliphatic rings. The summed E-state index contributed by atoms with van der Waals surface area (Å²) in [5.74, 6) is 0.796. The van der Waals surface area contributed by atoms with Crippen molar-refractivity contribution in [2.45, 2.75) is 58.8 Å². The number of H-pyrrole nitrogens is 2. The lowest BCUT2D eigenvalue weighted by Gasteiger charge is -2.01. The molecule has 144 valence electrons. The van der Waals surface area contributed by atoms with Crippen molar-refractivity contribution in [1.29, 1.82) is 0 Å². The molecule has 1 aliphatic heterocycles. The van der Waals surface area contributed by atoms with Gasteiger partial charge in [-0.1, -0.05) is 39.0 Å². The number of aromatic nitrogens is 2. The summed E-state index contributed by atoms with van der Waals surface area (Å²) in [6.07, 6.45) is 15.1. The van der Waals surface area contributed by atoms with Crippen molar-refractivity contribution in [3.8, 4) is 0 Å². The maximum Gasteiger partial charge on any atom is 0.146 e. The van der Waals surface area contributed by atoms with E-state index in [4.69, 9.17) is 9.73 Å². The second-order valence-corrected chi connectivity index (χ2v) is 7.22. The summed E-state index contributed by atoms with van der Waals surface area (Å²) in [5.41, 5.74) is 6.51. The number of rotatable bonds is 10. The van der Waals surface area contributed by atoms with Crippen LogP contribution in [-0.2, 0) is 11.2 Å². The molecule has 2 aromatic rings. The predicted molar refractivity (Wildman–Crippen MR) is 113 cm³/mol. The van der Waals surface area contributed by atoms with Gasteiger partial charge >= 0.3 is 0 Å². The Kier molecular flexibility index (Phi) is 6.74. The molecule has 0 radical (unpaired) electrons. The van der Waals surface area contributed by atoms with Crippen molar-refractivity contribution in [3.05, 3.63) is 64.6 Å². The maximum atomic E-state index is 5.52. The van der Waals surface area contributed by atoms with E-state index in [0.717, 1.165) is 35.0 Å².